The zero-order chi connectivity index (χ0) is 31.9. The molecule has 4 aromatic carbocycles. The van der Waals surface area contributed by atoms with Crippen molar-refractivity contribution in [1.82, 2.24) is 4.57 Å². The van der Waals surface area contributed by atoms with Crippen LogP contribution in [0.5, 0.6) is 0 Å². The lowest BCUT2D eigenvalue weighted by molar-refractivity contribution is -0.137. The Morgan fingerprint density at radius 3 is 1.91 bits per heavy atom. The fourth-order valence-corrected chi connectivity index (χ4v) is 6.08. The number of carboxylic acid groups (broad SMARTS) is 1. The molecule has 5 aromatic rings. The van der Waals surface area contributed by atoms with Gasteiger partial charge >= 0.3 is 5.97 Å². The molecular formula is C40H45ClN2O3. The molecule has 5 rings (SSSR count). The van der Waals surface area contributed by atoms with Gasteiger partial charge in [0.25, 0.3) is 0 Å². The van der Waals surface area contributed by atoms with Gasteiger partial charge in [-0.1, -0.05) is 107 Å². The number of anilines is 1. The second kappa shape index (κ2) is 15.8. The first-order valence-corrected chi connectivity index (χ1v) is 16.1. The molecule has 0 aliphatic heterocycles. The minimum absolute atomic E-state index is 0. The summed E-state index contributed by atoms with van der Waals surface area (Å²) in [5.41, 5.74) is 8.02. The van der Waals surface area contributed by atoms with Crippen molar-refractivity contribution in [2.75, 3.05) is 5.32 Å². The minimum Gasteiger partial charge on any atom is -0.481 e. The van der Waals surface area contributed by atoms with Gasteiger partial charge in [-0.25, -0.2) is 0 Å². The molecule has 240 valence electrons. The zero-order valence-electron chi connectivity index (χ0n) is 27.2. The van der Waals surface area contributed by atoms with Crippen LogP contribution in [0, 0.1) is 11.8 Å². The van der Waals surface area contributed by atoms with E-state index in [9.17, 15) is 9.59 Å². The van der Waals surface area contributed by atoms with E-state index in [1.54, 1.807) is 0 Å². The molecule has 0 saturated heterocycles. The van der Waals surface area contributed by atoms with Crippen LogP contribution in [-0.4, -0.2) is 21.4 Å². The molecular weight excluding hydrogens is 592 g/mol. The molecule has 6 heteroatoms. The number of hydrogen-bond acceptors (Lipinski definition) is 3. The highest BCUT2D eigenvalue weighted by molar-refractivity contribution is 6.16. The van der Waals surface area contributed by atoms with E-state index in [-0.39, 0.29) is 30.7 Å². The maximum Gasteiger partial charge on any atom is 0.303 e. The number of carboxylic acids is 1. The first kappa shape index (κ1) is 34.5. The highest BCUT2D eigenvalue weighted by Gasteiger charge is 2.19. The van der Waals surface area contributed by atoms with Gasteiger partial charge in [-0.15, -0.1) is 12.4 Å². The van der Waals surface area contributed by atoms with Gasteiger partial charge in [0, 0.05) is 46.9 Å². The highest BCUT2D eigenvalue weighted by atomic mass is 35.5. The first-order chi connectivity index (χ1) is 21.7. The van der Waals surface area contributed by atoms with Crippen LogP contribution >= 0.6 is 12.4 Å². The van der Waals surface area contributed by atoms with Gasteiger partial charge in [-0.2, -0.15) is 0 Å². The number of benzene rings is 4. The van der Waals surface area contributed by atoms with Crippen LogP contribution in [0.2, 0.25) is 0 Å². The number of hydrogen-bond donors (Lipinski definition) is 2. The number of rotatable bonds is 14. The van der Waals surface area contributed by atoms with Crippen LogP contribution in [0.25, 0.3) is 10.9 Å². The Hall–Kier alpha value is -4.35. The Morgan fingerprint density at radius 2 is 1.35 bits per heavy atom. The number of ketones is 1. The molecule has 1 heterocycles. The lowest BCUT2D eigenvalue weighted by Crippen LogP contribution is -2.13. The van der Waals surface area contributed by atoms with Crippen molar-refractivity contribution in [3.8, 4) is 0 Å². The summed E-state index contributed by atoms with van der Waals surface area (Å²) in [6.07, 6.45) is 4.55. The molecule has 5 nitrogen and oxygen atoms in total. The SMILES string of the molecule is CC(C)Cc1ccc(C(Nc2cccc(C(=O)c3cn(CCCC(=O)O)c4ccccc34)c2)c2ccc(CC(C)C)cc2)cc1.Cl. The van der Waals surface area contributed by atoms with Crippen LogP contribution in [0.15, 0.2) is 103 Å². The van der Waals surface area contributed by atoms with Crippen LogP contribution in [0.1, 0.15) is 84.8 Å². The van der Waals surface area contributed by atoms with Crippen molar-refractivity contribution in [2.45, 2.75) is 66.0 Å². The molecule has 0 amide bonds. The first-order valence-electron chi connectivity index (χ1n) is 16.1. The lowest BCUT2D eigenvalue weighted by atomic mass is 9.93. The Balaban J connectivity index is 0.00000480. The molecule has 2 N–H and O–H groups in total. The Bertz CT molecular complexity index is 1700. The summed E-state index contributed by atoms with van der Waals surface area (Å²) in [5.74, 6) is 0.317. The molecule has 0 atom stereocenters. The standard InChI is InChI=1S/C40H44N2O3.ClH/c1-27(2)23-29-14-18-31(19-15-29)39(32-20-16-30(17-21-32)24-28(3)4)41-34-10-7-9-33(25-34)40(45)36-26-42(22-8-13-38(43)44)37-12-6-5-11-35(36)37;/h5-7,9-12,14-21,25-28,39,41H,8,13,22-24H2,1-4H3,(H,43,44);1H. The monoisotopic (exact) mass is 636 g/mol. The second-order valence-electron chi connectivity index (χ2n) is 12.9. The largest absolute Gasteiger partial charge is 0.481 e. The lowest BCUT2D eigenvalue weighted by Gasteiger charge is -2.22. The topological polar surface area (TPSA) is 71.3 Å². The molecule has 0 aliphatic carbocycles. The van der Waals surface area contributed by atoms with Crippen LogP contribution in [0.4, 0.5) is 5.69 Å². The van der Waals surface area contributed by atoms with E-state index in [1.165, 1.54) is 22.3 Å². The third-order valence-electron chi connectivity index (χ3n) is 8.17. The van der Waals surface area contributed by atoms with E-state index >= 15 is 0 Å². The summed E-state index contributed by atoms with van der Waals surface area (Å²) < 4.78 is 2.00. The van der Waals surface area contributed by atoms with Crippen LogP contribution in [0.3, 0.4) is 0 Å². The number of aliphatic carboxylic acids is 1. The Morgan fingerprint density at radius 1 is 0.761 bits per heavy atom. The molecule has 0 saturated carbocycles. The van der Waals surface area contributed by atoms with Crippen molar-refractivity contribution >= 4 is 40.7 Å². The van der Waals surface area contributed by atoms with Gasteiger partial charge in [-0.05, 0) is 71.6 Å². The van der Waals surface area contributed by atoms with Gasteiger partial charge in [-0.3, -0.25) is 9.59 Å². The molecule has 1 aromatic heterocycles. The zero-order valence-corrected chi connectivity index (χ0v) is 28.0. The van der Waals surface area contributed by atoms with E-state index in [0.717, 1.165) is 29.4 Å². The van der Waals surface area contributed by atoms with Gasteiger partial charge < -0.3 is 15.0 Å². The number of aryl methyl sites for hydroxylation is 1. The minimum atomic E-state index is -0.816. The summed E-state index contributed by atoms with van der Waals surface area (Å²) in [5, 5.41) is 13.7. The number of halogens is 1. The highest BCUT2D eigenvalue weighted by Crippen LogP contribution is 2.30. The molecule has 46 heavy (non-hydrogen) atoms. The summed E-state index contributed by atoms with van der Waals surface area (Å²) in [6, 6.07) is 33.2. The number of fused-ring (bicyclic) bond motifs is 1. The number of nitrogens with zero attached hydrogens (tertiary/aromatic N) is 1. The van der Waals surface area contributed by atoms with Gasteiger partial charge in [0.05, 0.1) is 6.04 Å². The third kappa shape index (κ3) is 8.67. The molecule has 0 unspecified atom stereocenters. The molecule has 0 spiro atoms. The maximum absolute atomic E-state index is 13.9. The number of nitrogens with one attached hydrogen (secondary N) is 1. The van der Waals surface area contributed by atoms with E-state index in [4.69, 9.17) is 5.11 Å². The average Bonchev–Trinajstić information content (AvgIpc) is 3.38. The van der Waals surface area contributed by atoms with Gasteiger partial charge in [0.15, 0.2) is 5.78 Å². The summed E-state index contributed by atoms with van der Waals surface area (Å²) in [7, 11) is 0. The van der Waals surface area contributed by atoms with Crippen molar-refractivity contribution in [3.63, 3.8) is 0 Å². The predicted octanol–water partition coefficient (Wildman–Crippen LogP) is 9.76. The Labute approximate surface area is 279 Å². The van der Waals surface area contributed by atoms with Crippen molar-refractivity contribution in [1.29, 1.82) is 0 Å². The van der Waals surface area contributed by atoms with Gasteiger partial charge in [0.1, 0.15) is 0 Å². The average molecular weight is 637 g/mol. The van der Waals surface area contributed by atoms with Crippen molar-refractivity contribution in [3.05, 3.63) is 137 Å². The van der Waals surface area contributed by atoms with E-state index in [2.05, 4.69) is 81.5 Å². The number of carbonyl (C=O) groups is 2. The summed E-state index contributed by atoms with van der Waals surface area (Å²) in [4.78, 5) is 25.0. The maximum atomic E-state index is 13.9. The molecule has 0 bridgehead atoms. The van der Waals surface area contributed by atoms with E-state index in [1.807, 2.05) is 59.3 Å². The van der Waals surface area contributed by atoms with Crippen LogP contribution in [-0.2, 0) is 24.2 Å². The Kier molecular flexibility index (Phi) is 11.8. The van der Waals surface area contributed by atoms with E-state index < -0.39 is 5.97 Å². The third-order valence-corrected chi connectivity index (χ3v) is 8.17. The summed E-state index contributed by atoms with van der Waals surface area (Å²) >= 11 is 0. The number of para-hydroxylation sites is 1. The summed E-state index contributed by atoms with van der Waals surface area (Å²) in [6.45, 7) is 9.49. The molecule has 0 radical (unpaired) electrons. The number of aromatic nitrogens is 1. The number of carbonyl (C=O) groups excluding carboxylic acids is 1. The quantitative estimate of drug-likeness (QED) is 0.119. The van der Waals surface area contributed by atoms with Crippen LogP contribution < -0.4 is 5.32 Å². The fourth-order valence-electron chi connectivity index (χ4n) is 6.08. The van der Waals surface area contributed by atoms with Crippen molar-refractivity contribution < 1.29 is 14.7 Å². The predicted molar refractivity (Wildman–Crippen MR) is 191 cm³/mol. The van der Waals surface area contributed by atoms with E-state index in [0.29, 0.717) is 35.9 Å². The van der Waals surface area contributed by atoms with Crippen molar-refractivity contribution in [2.24, 2.45) is 11.8 Å². The fraction of sp³-hybridized carbons (Fsp3) is 0.300. The second-order valence-corrected chi connectivity index (χ2v) is 12.9. The molecule has 0 fully saturated rings. The molecule has 0 aliphatic rings. The van der Waals surface area contributed by atoms with Gasteiger partial charge in [0.2, 0.25) is 0 Å². The normalized spacial score (nSPS) is 11.3. The smallest absolute Gasteiger partial charge is 0.303 e.